The van der Waals surface area contributed by atoms with Crippen LogP contribution >= 0.6 is 0 Å². The molecule has 3 N–H and O–H groups in total. The summed E-state index contributed by atoms with van der Waals surface area (Å²) in [7, 11) is 1.98. The lowest BCUT2D eigenvalue weighted by atomic mass is 10.1. The fraction of sp³-hybridized carbons (Fsp3) is 0.214. The number of hydrogen-bond acceptors (Lipinski definition) is 4. The molecule has 0 atom stereocenters. The molecule has 0 aliphatic carbocycles. The van der Waals surface area contributed by atoms with Gasteiger partial charge in [0, 0.05) is 25.2 Å². The summed E-state index contributed by atoms with van der Waals surface area (Å²) in [6, 6.07) is 7.40. The van der Waals surface area contributed by atoms with Crippen molar-refractivity contribution in [2.75, 3.05) is 0 Å². The van der Waals surface area contributed by atoms with E-state index in [4.69, 9.17) is 5.73 Å². The van der Waals surface area contributed by atoms with Gasteiger partial charge in [0.1, 0.15) is 5.82 Å². The number of imidazole rings is 1. The molecule has 0 unspecified atom stereocenters. The first kappa shape index (κ1) is 12.6. The molecule has 3 rings (SSSR count). The van der Waals surface area contributed by atoms with Crippen LogP contribution in [0.1, 0.15) is 11.4 Å². The first-order chi connectivity index (χ1) is 9.60. The summed E-state index contributed by atoms with van der Waals surface area (Å²) in [5.74, 6) is 0.950. The van der Waals surface area contributed by atoms with Crippen molar-refractivity contribution in [2.45, 2.75) is 13.5 Å². The predicted octanol–water partition coefficient (Wildman–Crippen LogP) is 1.09. The van der Waals surface area contributed by atoms with Gasteiger partial charge in [-0.25, -0.2) is 10.1 Å². The predicted molar refractivity (Wildman–Crippen MR) is 77.2 cm³/mol. The number of rotatable bonds is 2. The van der Waals surface area contributed by atoms with E-state index in [-0.39, 0.29) is 12.1 Å². The minimum Gasteiger partial charge on any atom is -0.331 e. The van der Waals surface area contributed by atoms with Crippen LogP contribution in [0.2, 0.25) is 0 Å². The van der Waals surface area contributed by atoms with Crippen LogP contribution in [0.3, 0.4) is 0 Å². The van der Waals surface area contributed by atoms with Gasteiger partial charge < -0.3 is 10.3 Å². The Morgan fingerprint density at radius 3 is 2.90 bits per heavy atom. The molecule has 0 spiro atoms. The number of aromatic amines is 1. The normalized spacial score (nSPS) is 11.2. The van der Waals surface area contributed by atoms with Gasteiger partial charge in [0.15, 0.2) is 0 Å². The van der Waals surface area contributed by atoms with E-state index in [1.54, 1.807) is 0 Å². The molecule has 6 heteroatoms. The van der Waals surface area contributed by atoms with Gasteiger partial charge >= 0.3 is 0 Å². The van der Waals surface area contributed by atoms with Gasteiger partial charge in [-0.05, 0) is 24.6 Å². The van der Waals surface area contributed by atoms with E-state index in [0.717, 1.165) is 28.0 Å². The fourth-order valence-electron chi connectivity index (χ4n) is 2.31. The lowest BCUT2D eigenvalue weighted by molar-refractivity contribution is 0.886. The highest BCUT2D eigenvalue weighted by Gasteiger charge is 2.10. The average Bonchev–Trinajstić information content (AvgIpc) is 2.73. The molecule has 0 fully saturated rings. The summed E-state index contributed by atoms with van der Waals surface area (Å²) in [5, 5.41) is 6.55. The number of fused-ring (bicyclic) bond motifs is 1. The van der Waals surface area contributed by atoms with Gasteiger partial charge in [0.25, 0.3) is 5.56 Å². The average molecular weight is 269 g/mol. The van der Waals surface area contributed by atoms with Crippen molar-refractivity contribution < 1.29 is 0 Å². The first-order valence-corrected chi connectivity index (χ1v) is 6.32. The monoisotopic (exact) mass is 269 g/mol. The summed E-state index contributed by atoms with van der Waals surface area (Å²) >= 11 is 0. The zero-order valence-electron chi connectivity index (χ0n) is 11.3. The van der Waals surface area contributed by atoms with Crippen LogP contribution in [0.25, 0.3) is 22.3 Å². The van der Waals surface area contributed by atoms with Crippen molar-refractivity contribution in [1.82, 2.24) is 19.7 Å². The van der Waals surface area contributed by atoms with E-state index >= 15 is 0 Å². The fourth-order valence-corrected chi connectivity index (χ4v) is 2.31. The summed E-state index contributed by atoms with van der Waals surface area (Å²) in [6.07, 6.45) is 0. The topological polar surface area (TPSA) is 89.6 Å². The highest BCUT2D eigenvalue weighted by Crippen LogP contribution is 2.24. The zero-order valence-corrected chi connectivity index (χ0v) is 11.3. The minimum atomic E-state index is -0.246. The van der Waals surface area contributed by atoms with Gasteiger partial charge in [-0.1, -0.05) is 6.07 Å². The first-order valence-electron chi connectivity index (χ1n) is 6.32. The number of nitrogens with one attached hydrogen (secondary N) is 1. The Balaban J connectivity index is 2.22. The summed E-state index contributed by atoms with van der Waals surface area (Å²) in [4.78, 5) is 15.8. The third kappa shape index (κ3) is 1.90. The number of hydrogen-bond donors (Lipinski definition) is 2. The lowest BCUT2D eigenvalue weighted by Crippen LogP contribution is -2.12. The van der Waals surface area contributed by atoms with Crippen LogP contribution in [0.15, 0.2) is 29.1 Å². The van der Waals surface area contributed by atoms with Crippen LogP contribution in [0.4, 0.5) is 0 Å². The molecule has 1 aromatic carbocycles. The van der Waals surface area contributed by atoms with Gasteiger partial charge in [-0.3, -0.25) is 4.79 Å². The SMILES string of the molecule is Cc1nc2cc(-c3n[nH]c(=O)cc3CN)ccc2n1C. The number of nitrogens with zero attached hydrogens (tertiary/aromatic N) is 3. The molecule has 20 heavy (non-hydrogen) atoms. The second-order valence-electron chi connectivity index (χ2n) is 4.73. The second kappa shape index (κ2) is 4.57. The third-order valence-corrected chi connectivity index (χ3v) is 3.49. The van der Waals surface area contributed by atoms with Crippen molar-refractivity contribution in [3.8, 4) is 11.3 Å². The van der Waals surface area contributed by atoms with E-state index < -0.39 is 0 Å². The second-order valence-corrected chi connectivity index (χ2v) is 4.73. The van der Waals surface area contributed by atoms with Gasteiger partial charge in [-0.15, -0.1) is 0 Å². The van der Waals surface area contributed by atoms with E-state index in [1.807, 2.05) is 36.7 Å². The van der Waals surface area contributed by atoms with Crippen molar-refractivity contribution in [3.05, 3.63) is 46.0 Å². The minimum absolute atomic E-state index is 0.246. The number of nitrogens with two attached hydrogens (primary N) is 1. The quantitative estimate of drug-likeness (QED) is 0.728. The van der Waals surface area contributed by atoms with Crippen molar-refractivity contribution in [3.63, 3.8) is 0 Å². The van der Waals surface area contributed by atoms with Crippen LogP contribution in [0.5, 0.6) is 0 Å². The molecule has 0 aliphatic rings. The van der Waals surface area contributed by atoms with E-state index in [2.05, 4.69) is 15.2 Å². The summed E-state index contributed by atoms with van der Waals surface area (Å²) in [6.45, 7) is 2.23. The lowest BCUT2D eigenvalue weighted by Gasteiger charge is -2.06. The maximum absolute atomic E-state index is 11.3. The van der Waals surface area contributed by atoms with Crippen molar-refractivity contribution in [2.24, 2.45) is 12.8 Å². The highest BCUT2D eigenvalue weighted by atomic mass is 16.1. The standard InChI is InChI=1S/C14H15N5O/c1-8-16-11-5-9(3-4-12(11)19(8)2)14-10(7-15)6-13(20)17-18-14/h3-6H,7,15H2,1-2H3,(H,17,20). The number of aryl methyl sites for hydroxylation is 2. The smallest absolute Gasteiger partial charge is 0.264 e. The van der Waals surface area contributed by atoms with Crippen LogP contribution in [0, 0.1) is 6.92 Å². The maximum atomic E-state index is 11.3. The Morgan fingerprint density at radius 1 is 1.35 bits per heavy atom. The third-order valence-electron chi connectivity index (χ3n) is 3.49. The van der Waals surface area contributed by atoms with E-state index in [1.165, 1.54) is 6.07 Å². The molecule has 0 bridgehead atoms. The molecule has 0 saturated heterocycles. The van der Waals surface area contributed by atoms with Gasteiger partial charge in [-0.2, -0.15) is 5.10 Å². The zero-order chi connectivity index (χ0) is 14.3. The molecule has 2 aromatic heterocycles. The maximum Gasteiger partial charge on any atom is 0.264 e. The molecule has 2 heterocycles. The number of benzene rings is 1. The number of aromatic nitrogens is 4. The molecule has 0 aliphatic heterocycles. The summed E-state index contributed by atoms with van der Waals surface area (Å²) in [5.41, 5.74) is 9.71. The Labute approximate surface area is 115 Å². The van der Waals surface area contributed by atoms with Crippen molar-refractivity contribution in [1.29, 1.82) is 0 Å². The molecule has 0 saturated carbocycles. The molecule has 6 nitrogen and oxygen atoms in total. The van der Waals surface area contributed by atoms with Gasteiger partial charge in [0.05, 0.1) is 16.7 Å². The highest BCUT2D eigenvalue weighted by molar-refractivity contribution is 5.82. The Kier molecular flexibility index (Phi) is 2.87. The molecular weight excluding hydrogens is 254 g/mol. The Bertz CT molecular complexity index is 846. The molecule has 3 aromatic rings. The van der Waals surface area contributed by atoms with Gasteiger partial charge in [0.2, 0.25) is 0 Å². The Morgan fingerprint density at radius 2 is 2.15 bits per heavy atom. The van der Waals surface area contributed by atoms with E-state index in [9.17, 15) is 4.79 Å². The number of H-pyrrole nitrogens is 1. The summed E-state index contributed by atoms with van der Waals surface area (Å²) < 4.78 is 2.03. The van der Waals surface area contributed by atoms with Crippen LogP contribution in [-0.4, -0.2) is 19.7 Å². The molecule has 0 radical (unpaired) electrons. The van der Waals surface area contributed by atoms with Crippen LogP contribution < -0.4 is 11.3 Å². The van der Waals surface area contributed by atoms with Crippen molar-refractivity contribution >= 4 is 11.0 Å². The molecular formula is C14H15N5O. The molecule has 0 amide bonds. The Hall–Kier alpha value is -2.47. The van der Waals surface area contributed by atoms with Crippen LogP contribution in [-0.2, 0) is 13.6 Å². The largest absolute Gasteiger partial charge is 0.331 e. The molecule has 102 valence electrons. The van der Waals surface area contributed by atoms with E-state index in [0.29, 0.717) is 5.69 Å².